The van der Waals surface area contributed by atoms with E-state index in [1.807, 2.05) is 0 Å². The molecule has 1 saturated heterocycles. The molecule has 3 rings (SSSR count). The zero-order chi connectivity index (χ0) is 15.0. The van der Waals surface area contributed by atoms with Crippen molar-refractivity contribution in [2.75, 3.05) is 26.1 Å². The van der Waals surface area contributed by atoms with Crippen molar-refractivity contribution in [3.63, 3.8) is 0 Å². The molecule has 0 spiro atoms. The summed E-state index contributed by atoms with van der Waals surface area (Å²) in [6.45, 7) is -0.291. The Labute approximate surface area is 120 Å². The van der Waals surface area contributed by atoms with Gasteiger partial charge in [0.15, 0.2) is 17.7 Å². The van der Waals surface area contributed by atoms with Crippen LogP contribution in [0.15, 0.2) is 12.7 Å². The summed E-state index contributed by atoms with van der Waals surface area (Å²) in [5, 5.41) is 22.3. The van der Waals surface area contributed by atoms with Crippen LogP contribution < -0.4 is 5.32 Å². The van der Waals surface area contributed by atoms with Gasteiger partial charge in [0.05, 0.1) is 12.9 Å². The van der Waals surface area contributed by atoms with Gasteiger partial charge in [-0.2, -0.15) is 0 Å². The number of hydrogen-bond acceptors (Lipinski definition) is 8. The first-order valence-electron chi connectivity index (χ1n) is 6.53. The Balaban J connectivity index is 2.04. The van der Waals surface area contributed by atoms with Gasteiger partial charge in [-0.1, -0.05) is 0 Å². The number of ether oxygens (including phenoxy) is 2. The fourth-order valence-electron chi connectivity index (χ4n) is 2.57. The summed E-state index contributed by atoms with van der Waals surface area (Å²) in [7, 11) is 3.23. The second-order valence-electron chi connectivity index (χ2n) is 4.73. The maximum atomic E-state index is 10.1. The van der Waals surface area contributed by atoms with Crippen molar-refractivity contribution >= 4 is 17.0 Å². The van der Waals surface area contributed by atoms with Gasteiger partial charge in [-0.3, -0.25) is 4.57 Å². The number of nitrogens with zero attached hydrogens (tertiary/aromatic N) is 4. The van der Waals surface area contributed by atoms with Crippen LogP contribution in [0.5, 0.6) is 0 Å². The van der Waals surface area contributed by atoms with Gasteiger partial charge in [0.2, 0.25) is 0 Å². The van der Waals surface area contributed by atoms with E-state index < -0.39 is 24.5 Å². The molecule has 0 aromatic carbocycles. The summed E-state index contributed by atoms with van der Waals surface area (Å²) in [5.41, 5.74) is 1.16. The second-order valence-corrected chi connectivity index (χ2v) is 4.73. The molecular formula is C12H17N5O4. The van der Waals surface area contributed by atoms with Crippen LogP contribution in [0.2, 0.25) is 0 Å². The van der Waals surface area contributed by atoms with Crippen molar-refractivity contribution in [1.82, 2.24) is 19.5 Å². The summed E-state index contributed by atoms with van der Waals surface area (Å²) in [6, 6.07) is 0. The smallest absolute Gasteiger partial charge is 0.167 e. The molecule has 21 heavy (non-hydrogen) atoms. The fourth-order valence-corrected chi connectivity index (χ4v) is 2.57. The molecule has 9 heteroatoms. The fraction of sp³-hybridized carbons (Fsp3) is 0.583. The molecule has 1 aliphatic rings. The molecule has 2 aromatic heterocycles. The number of aromatic nitrogens is 4. The van der Waals surface area contributed by atoms with Crippen molar-refractivity contribution in [1.29, 1.82) is 0 Å². The lowest BCUT2D eigenvalue weighted by atomic mass is 10.1. The molecule has 0 aliphatic carbocycles. The highest BCUT2D eigenvalue weighted by molar-refractivity contribution is 5.82. The summed E-state index contributed by atoms with van der Waals surface area (Å²) in [5.74, 6) is 0.602. The van der Waals surface area contributed by atoms with Gasteiger partial charge in [-0.05, 0) is 0 Å². The predicted molar refractivity (Wildman–Crippen MR) is 72.7 cm³/mol. The average Bonchev–Trinajstić information content (AvgIpc) is 3.07. The molecule has 1 fully saturated rings. The van der Waals surface area contributed by atoms with E-state index in [-0.39, 0.29) is 6.61 Å². The van der Waals surface area contributed by atoms with Crippen LogP contribution in [0.1, 0.15) is 6.23 Å². The van der Waals surface area contributed by atoms with Gasteiger partial charge < -0.3 is 25.0 Å². The van der Waals surface area contributed by atoms with Crippen LogP contribution in [0.4, 0.5) is 5.82 Å². The molecule has 0 amide bonds. The van der Waals surface area contributed by atoms with Crippen LogP contribution in [0.3, 0.4) is 0 Å². The first-order chi connectivity index (χ1) is 10.2. The monoisotopic (exact) mass is 295 g/mol. The normalized spacial score (nSPS) is 29.1. The molecule has 1 aliphatic heterocycles. The third-order valence-electron chi connectivity index (χ3n) is 3.63. The number of aliphatic hydroxyl groups excluding tert-OH is 2. The average molecular weight is 295 g/mol. The summed E-state index contributed by atoms with van der Waals surface area (Å²) in [6.07, 6.45) is 0.113. The van der Waals surface area contributed by atoms with Crippen LogP contribution in [0, 0.1) is 0 Å². The molecule has 2 aromatic rings. The van der Waals surface area contributed by atoms with Crippen molar-refractivity contribution in [2.45, 2.75) is 24.5 Å². The van der Waals surface area contributed by atoms with E-state index in [0.29, 0.717) is 17.0 Å². The number of hydrogen-bond donors (Lipinski definition) is 3. The maximum absolute atomic E-state index is 10.1. The Morgan fingerprint density at radius 3 is 2.90 bits per heavy atom. The zero-order valence-corrected chi connectivity index (χ0v) is 11.7. The van der Waals surface area contributed by atoms with Crippen LogP contribution in [0.25, 0.3) is 11.2 Å². The first kappa shape index (κ1) is 14.1. The zero-order valence-electron chi connectivity index (χ0n) is 11.7. The third kappa shape index (κ3) is 2.14. The minimum atomic E-state index is -0.923. The number of nitrogens with one attached hydrogen (secondary N) is 1. The maximum Gasteiger partial charge on any atom is 0.167 e. The second kappa shape index (κ2) is 5.53. The van der Waals surface area contributed by atoms with Gasteiger partial charge >= 0.3 is 0 Å². The summed E-state index contributed by atoms with van der Waals surface area (Å²) >= 11 is 0. The van der Waals surface area contributed by atoms with E-state index in [2.05, 4.69) is 20.3 Å². The molecule has 0 bridgehead atoms. The topological polar surface area (TPSA) is 115 Å². The van der Waals surface area contributed by atoms with Crippen LogP contribution >= 0.6 is 0 Å². The third-order valence-corrected chi connectivity index (χ3v) is 3.63. The van der Waals surface area contributed by atoms with E-state index in [9.17, 15) is 10.2 Å². The number of imidazole rings is 1. The lowest BCUT2D eigenvalue weighted by molar-refractivity contribution is -0.0583. The van der Waals surface area contributed by atoms with E-state index in [0.717, 1.165) is 0 Å². The van der Waals surface area contributed by atoms with Gasteiger partial charge in [-0.25, -0.2) is 15.0 Å². The Kier molecular flexibility index (Phi) is 3.72. The first-order valence-corrected chi connectivity index (χ1v) is 6.53. The van der Waals surface area contributed by atoms with Gasteiger partial charge in [0, 0.05) is 14.2 Å². The van der Waals surface area contributed by atoms with E-state index in [4.69, 9.17) is 9.47 Å². The Hall–Kier alpha value is -1.81. The molecule has 0 radical (unpaired) electrons. The molecule has 4 unspecified atom stereocenters. The van der Waals surface area contributed by atoms with E-state index >= 15 is 0 Å². The Morgan fingerprint density at radius 1 is 1.43 bits per heavy atom. The largest absolute Gasteiger partial charge is 0.394 e. The number of aliphatic hydroxyl groups is 2. The highest BCUT2D eigenvalue weighted by Gasteiger charge is 2.45. The minimum absolute atomic E-state index is 0.291. The molecular weight excluding hydrogens is 278 g/mol. The predicted octanol–water partition coefficient (Wildman–Crippen LogP) is -0.866. The molecule has 9 nitrogen and oxygen atoms in total. The molecule has 0 saturated carbocycles. The molecule has 3 N–H and O–H groups in total. The van der Waals surface area contributed by atoms with Crippen molar-refractivity contribution < 1.29 is 19.7 Å². The number of fused-ring (bicyclic) bond motifs is 1. The van der Waals surface area contributed by atoms with Crippen molar-refractivity contribution in [3.8, 4) is 0 Å². The Bertz CT molecular complexity index is 633. The minimum Gasteiger partial charge on any atom is -0.394 e. The van der Waals surface area contributed by atoms with Gasteiger partial charge in [-0.15, -0.1) is 0 Å². The van der Waals surface area contributed by atoms with Crippen LogP contribution in [-0.2, 0) is 9.47 Å². The molecule has 3 heterocycles. The number of methoxy groups -OCH3 is 1. The van der Waals surface area contributed by atoms with Crippen LogP contribution in [-0.4, -0.2) is 68.8 Å². The lowest BCUT2D eigenvalue weighted by Crippen LogP contribution is -2.34. The molecule has 114 valence electrons. The van der Waals surface area contributed by atoms with E-state index in [1.54, 1.807) is 17.9 Å². The Morgan fingerprint density at radius 2 is 2.24 bits per heavy atom. The highest BCUT2D eigenvalue weighted by atomic mass is 16.6. The van der Waals surface area contributed by atoms with Crippen molar-refractivity contribution in [3.05, 3.63) is 12.7 Å². The SMILES string of the molecule is CNc1ncnc2c1ncn2C1OC(CO)C(O)C1OC. The highest BCUT2D eigenvalue weighted by Crippen LogP contribution is 2.33. The number of rotatable bonds is 4. The van der Waals surface area contributed by atoms with Crippen molar-refractivity contribution in [2.24, 2.45) is 0 Å². The van der Waals surface area contributed by atoms with E-state index in [1.165, 1.54) is 13.4 Å². The van der Waals surface area contributed by atoms with Gasteiger partial charge in [0.25, 0.3) is 0 Å². The quantitative estimate of drug-likeness (QED) is 0.667. The number of anilines is 1. The summed E-state index contributed by atoms with van der Waals surface area (Å²) in [4.78, 5) is 12.6. The standard InChI is InChI=1S/C12H17N5O4/c1-13-10-7-11(15-4-14-10)17(5-16-7)12-9(20-2)8(19)6(3-18)21-12/h4-6,8-9,12,18-19H,3H2,1-2H3,(H,13,14,15). The van der Waals surface area contributed by atoms with Gasteiger partial charge in [0.1, 0.15) is 30.2 Å². The lowest BCUT2D eigenvalue weighted by Gasteiger charge is -2.19. The summed E-state index contributed by atoms with van der Waals surface area (Å²) < 4.78 is 12.6. The molecule has 4 atom stereocenters.